The Morgan fingerprint density at radius 1 is 1.27 bits per heavy atom. The lowest BCUT2D eigenvalue weighted by molar-refractivity contribution is 0.156. The number of nitrogens with zero attached hydrogens (tertiary/aromatic N) is 3. The summed E-state index contributed by atoms with van der Waals surface area (Å²) in [7, 11) is 2.16. The fourth-order valence-corrected chi connectivity index (χ4v) is 3.97. The first-order chi connectivity index (χ1) is 12.7. The Kier molecular flexibility index (Phi) is 6.78. The van der Waals surface area contributed by atoms with Crippen molar-refractivity contribution in [3.05, 3.63) is 30.3 Å². The van der Waals surface area contributed by atoms with Gasteiger partial charge in [-0.1, -0.05) is 18.2 Å². The van der Waals surface area contributed by atoms with E-state index in [1.54, 1.807) is 0 Å². The summed E-state index contributed by atoms with van der Waals surface area (Å²) in [4.78, 5) is 9.65. The van der Waals surface area contributed by atoms with E-state index in [1.807, 2.05) is 0 Å². The van der Waals surface area contributed by atoms with Gasteiger partial charge in [0.25, 0.3) is 0 Å². The van der Waals surface area contributed by atoms with Gasteiger partial charge in [0.15, 0.2) is 5.96 Å². The van der Waals surface area contributed by atoms with E-state index < -0.39 is 0 Å². The minimum atomic E-state index is 0.384. The zero-order valence-electron chi connectivity index (χ0n) is 16.4. The van der Waals surface area contributed by atoms with Crippen LogP contribution in [0.3, 0.4) is 0 Å². The minimum Gasteiger partial charge on any atom is -0.381 e. The van der Waals surface area contributed by atoms with Gasteiger partial charge in [0.1, 0.15) is 0 Å². The molecule has 1 spiro atoms. The largest absolute Gasteiger partial charge is 0.381 e. The number of hydrogen-bond acceptors (Lipinski definition) is 3. The predicted octanol–water partition coefficient (Wildman–Crippen LogP) is 2.98. The van der Waals surface area contributed by atoms with Gasteiger partial charge in [-0.2, -0.15) is 0 Å². The van der Waals surface area contributed by atoms with Crippen molar-refractivity contribution in [1.29, 1.82) is 0 Å². The van der Waals surface area contributed by atoms with Crippen LogP contribution in [0.1, 0.15) is 32.6 Å². The van der Waals surface area contributed by atoms with E-state index in [1.165, 1.54) is 18.5 Å². The second-order valence-corrected chi connectivity index (χ2v) is 7.67. The molecule has 5 heteroatoms. The molecular weight excluding hydrogens is 324 g/mol. The maximum Gasteiger partial charge on any atom is 0.193 e. The van der Waals surface area contributed by atoms with E-state index in [9.17, 15) is 0 Å². The van der Waals surface area contributed by atoms with E-state index >= 15 is 0 Å². The Morgan fingerprint density at radius 3 is 2.85 bits per heavy atom. The zero-order chi connectivity index (χ0) is 18.2. The normalized spacial score (nSPS) is 23.0. The maximum atomic E-state index is 5.65. The van der Waals surface area contributed by atoms with Gasteiger partial charge in [-0.3, -0.25) is 4.99 Å². The molecule has 0 saturated carbocycles. The summed E-state index contributed by atoms with van der Waals surface area (Å²) in [6.07, 6.45) is 4.72. The molecule has 2 aliphatic heterocycles. The van der Waals surface area contributed by atoms with Crippen molar-refractivity contribution in [1.82, 2.24) is 10.2 Å². The summed E-state index contributed by atoms with van der Waals surface area (Å²) in [6, 6.07) is 10.6. The quantitative estimate of drug-likeness (QED) is 0.462. The molecule has 0 bridgehead atoms. The van der Waals surface area contributed by atoms with Crippen molar-refractivity contribution < 1.29 is 4.74 Å². The number of nitrogens with one attached hydrogen (secondary N) is 1. The molecule has 1 N–H and O–H groups in total. The van der Waals surface area contributed by atoms with Gasteiger partial charge in [-0.25, -0.2) is 0 Å². The van der Waals surface area contributed by atoms with E-state index in [0.717, 1.165) is 64.7 Å². The third kappa shape index (κ3) is 4.91. The Morgan fingerprint density at radius 2 is 2.12 bits per heavy atom. The molecule has 1 atom stereocenters. The van der Waals surface area contributed by atoms with Gasteiger partial charge >= 0.3 is 0 Å². The molecule has 5 nitrogen and oxygen atoms in total. The fraction of sp³-hybridized carbons (Fsp3) is 0.667. The van der Waals surface area contributed by atoms with Crippen LogP contribution in [0.2, 0.25) is 0 Å². The van der Waals surface area contributed by atoms with E-state index in [4.69, 9.17) is 9.73 Å². The molecule has 2 saturated heterocycles. The van der Waals surface area contributed by atoms with Gasteiger partial charge in [0.05, 0.1) is 6.61 Å². The highest BCUT2D eigenvalue weighted by molar-refractivity contribution is 5.80. The third-order valence-electron chi connectivity index (χ3n) is 5.62. The lowest BCUT2D eigenvalue weighted by Crippen LogP contribution is -2.41. The van der Waals surface area contributed by atoms with Gasteiger partial charge in [0.2, 0.25) is 0 Å². The number of unbranched alkanes of at least 4 members (excludes halogenated alkanes) is 1. The van der Waals surface area contributed by atoms with Crippen LogP contribution < -0.4 is 10.2 Å². The Bertz CT molecular complexity index is 569. The van der Waals surface area contributed by atoms with E-state index in [2.05, 4.69) is 59.4 Å². The molecule has 0 aliphatic carbocycles. The number of benzene rings is 1. The van der Waals surface area contributed by atoms with Crippen LogP contribution >= 0.6 is 0 Å². The van der Waals surface area contributed by atoms with Crippen LogP contribution in [0, 0.1) is 5.41 Å². The lowest BCUT2D eigenvalue weighted by Gasteiger charge is -2.25. The smallest absolute Gasteiger partial charge is 0.193 e. The SMILES string of the molecule is CCNC(=NCCCCN(C)c1ccccc1)N1CCC2(CCOC2)C1. The van der Waals surface area contributed by atoms with Crippen molar-refractivity contribution in [2.45, 2.75) is 32.6 Å². The summed E-state index contributed by atoms with van der Waals surface area (Å²) in [5.41, 5.74) is 1.67. The number of aliphatic imine (C=N–C) groups is 1. The molecule has 26 heavy (non-hydrogen) atoms. The summed E-state index contributed by atoms with van der Waals surface area (Å²) >= 11 is 0. The van der Waals surface area contributed by atoms with Crippen LogP contribution in [0.5, 0.6) is 0 Å². The molecule has 2 heterocycles. The number of ether oxygens (including phenoxy) is 1. The summed E-state index contributed by atoms with van der Waals surface area (Å²) in [6.45, 7) is 9.09. The highest BCUT2D eigenvalue weighted by atomic mass is 16.5. The van der Waals surface area contributed by atoms with Crippen LogP contribution in [-0.4, -0.2) is 63.8 Å². The third-order valence-corrected chi connectivity index (χ3v) is 5.62. The van der Waals surface area contributed by atoms with Crippen molar-refractivity contribution in [2.75, 3.05) is 57.9 Å². The van der Waals surface area contributed by atoms with Crippen molar-refractivity contribution in [3.8, 4) is 0 Å². The van der Waals surface area contributed by atoms with Crippen molar-refractivity contribution in [2.24, 2.45) is 10.4 Å². The second-order valence-electron chi connectivity index (χ2n) is 7.67. The molecular formula is C21H34N4O. The van der Waals surface area contributed by atoms with Gasteiger partial charge in [-0.05, 0) is 44.7 Å². The van der Waals surface area contributed by atoms with Gasteiger partial charge in [-0.15, -0.1) is 0 Å². The van der Waals surface area contributed by atoms with Crippen molar-refractivity contribution in [3.63, 3.8) is 0 Å². The molecule has 2 aliphatic rings. The van der Waals surface area contributed by atoms with Crippen LogP contribution in [0.4, 0.5) is 5.69 Å². The number of rotatable bonds is 7. The zero-order valence-corrected chi connectivity index (χ0v) is 16.4. The highest BCUT2D eigenvalue weighted by Crippen LogP contribution is 2.38. The van der Waals surface area contributed by atoms with Crippen molar-refractivity contribution >= 4 is 11.6 Å². The van der Waals surface area contributed by atoms with Crippen LogP contribution in [0.15, 0.2) is 35.3 Å². The summed E-state index contributed by atoms with van der Waals surface area (Å²) in [5.74, 6) is 1.09. The molecule has 1 unspecified atom stereocenters. The number of anilines is 1. The summed E-state index contributed by atoms with van der Waals surface area (Å²) in [5, 5.41) is 3.48. The Balaban J connectivity index is 1.43. The molecule has 1 aromatic rings. The monoisotopic (exact) mass is 358 g/mol. The molecule has 2 fully saturated rings. The molecule has 0 amide bonds. The first-order valence-electron chi connectivity index (χ1n) is 10.1. The molecule has 0 aromatic heterocycles. The Hall–Kier alpha value is -1.75. The number of hydrogen-bond donors (Lipinski definition) is 1. The number of likely N-dealkylation sites (tertiary alicyclic amines) is 1. The fourth-order valence-electron chi connectivity index (χ4n) is 3.97. The Labute approximate surface area is 158 Å². The molecule has 144 valence electrons. The number of para-hydroxylation sites is 1. The first-order valence-corrected chi connectivity index (χ1v) is 10.1. The lowest BCUT2D eigenvalue weighted by atomic mass is 9.87. The maximum absolute atomic E-state index is 5.65. The number of guanidine groups is 1. The molecule has 1 aromatic carbocycles. The van der Waals surface area contributed by atoms with Crippen LogP contribution in [0.25, 0.3) is 0 Å². The average Bonchev–Trinajstić information content (AvgIpc) is 3.31. The van der Waals surface area contributed by atoms with E-state index in [0.29, 0.717) is 5.41 Å². The molecule has 0 radical (unpaired) electrons. The topological polar surface area (TPSA) is 40.1 Å². The van der Waals surface area contributed by atoms with Gasteiger partial charge in [0, 0.05) is 57.5 Å². The second kappa shape index (κ2) is 9.26. The predicted molar refractivity (Wildman–Crippen MR) is 109 cm³/mol. The molecule has 3 rings (SSSR count). The first kappa shape index (κ1) is 19.0. The van der Waals surface area contributed by atoms with Crippen LogP contribution in [-0.2, 0) is 4.74 Å². The van der Waals surface area contributed by atoms with E-state index in [-0.39, 0.29) is 0 Å². The standard InChI is InChI=1S/C21H34N4O/c1-3-22-20(25-15-11-21(17-25)12-16-26-18-21)23-13-7-8-14-24(2)19-9-5-4-6-10-19/h4-6,9-10H,3,7-8,11-18H2,1-2H3,(H,22,23). The highest BCUT2D eigenvalue weighted by Gasteiger charge is 2.42. The summed E-state index contributed by atoms with van der Waals surface area (Å²) < 4.78 is 5.65. The average molecular weight is 359 g/mol. The van der Waals surface area contributed by atoms with Gasteiger partial charge < -0.3 is 19.9 Å². The minimum absolute atomic E-state index is 0.384.